The maximum atomic E-state index is 12.1. The summed E-state index contributed by atoms with van der Waals surface area (Å²) in [6, 6.07) is 20.2. The van der Waals surface area contributed by atoms with Crippen LogP contribution in [0.5, 0.6) is 5.75 Å². The molecular formula is C19H17N3O2. The zero-order valence-corrected chi connectivity index (χ0v) is 13.2. The molecular weight excluding hydrogens is 302 g/mol. The number of nitrogens with zero attached hydrogens (tertiary/aromatic N) is 1. The zero-order valence-electron chi connectivity index (χ0n) is 13.2. The first kappa shape index (κ1) is 15.6. The van der Waals surface area contributed by atoms with Crippen molar-refractivity contribution in [3.8, 4) is 5.75 Å². The van der Waals surface area contributed by atoms with E-state index in [9.17, 15) is 4.79 Å². The fraction of sp³-hybridized carbons (Fsp3) is 0.0526. The lowest BCUT2D eigenvalue weighted by molar-refractivity contribution is 0.102. The maximum Gasteiger partial charge on any atom is 0.256 e. The fourth-order valence-corrected chi connectivity index (χ4v) is 2.16. The molecule has 5 nitrogen and oxygen atoms in total. The minimum Gasteiger partial charge on any atom is -0.497 e. The molecule has 1 aromatic heterocycles. The highest BCUT2D eigenvalue weighted by Gasteiger charge is 2.05. The number of carbonyl (C=O) groups is 1. The largest absolute Gasteiger partial charge is 0.497 e. The maximum absolute atomic E-state index is 12.1. The number of pyridine rings is 1. The standard InChI is InChI=1S/C19H17N3O2/c1-24-17-10-7-15(8-11-17)21-16-9-12-18(20-13-16)22-19(23)14-5-3-2-4-6-14/h2-13,21H,1H3,(H,20,22,23). The molecule has 0 atom stereocenters. The lowest BCUT2D eigenvalue weighted by atomic mass is 10.2. The van der Waals surface area contributed by atoms with E-state index in [1.165, 1.54) is 0 Å². The van der Waals surface area contributed by atoms with Gasteiger partial charge in [0.25, 0.3) is 5.91 Å². The van der Waals surface area contributed by atoms with E-state index < -0.39 is 0 Å². The molecule has 1 heterocycles. The summed E-state index contributed by atoms with van der Waals surface area (Å²) in [5.41, 5.74) is 2.36. The van der Waals surface area contributed by atoms with E-state index >= 15 is 0 Å². The van der Waals surface area contributed by atoms with Crippen LogP contribution >= 0.6 is 0 Å². The fourth-order valence-electron chi connectivity index (χ4n) is 2.16. The summed E-state index contributed by atoms with van der Waals surface area (Å²) in [6.07, 6.45) is 1.67. The second-order valence-electron chi connectivity index (χ2n) is 5.11. The predicted molar refractivity (Wildman–Crippen MR) is 94.9 cm³/mol. The topological polar surface area (TPSA) is 63.2 Å². The molecule has 0 unspecified atom stereocenters. The third-order valence-corrected chi connectivity index (χ3v) is 3.42. The smallest absolute Gasteiger partial charge is 0.256 e. The summed E-state index contributed by atoms with van der Waals surface area (Å²) in [4.78, 5) is 16.3. The van der Waals surface area contributed by atoms with E-state index in [0.717, 1.165) is 17.1 Å². The SMILES string of the molecule is COc1ccc(Nc2ccc(NC(=O)c3ccccc3)nc2)cc1. The van der Waals surface area contributed by atoms with E-state index in [0.29, 0.717) is 11.4 Å². The molecule has 2 N–H and O–H groups in total. The van der Waals surface area contributed by atoms with Crippen molar-refractivity contribution < 1.29 is 9.53 Å². The average molecular weight is 319 g/mol. The molecule has 2 aromatic carbocycles. The monoisotopic (exact) mass is 319 g/mol. The number of methoxy groups -OCH3 is 1. The molecule has 0 aliphatic carbocycles. The van der Waals surface area contributed by atoms with Gasteiger partial charge in [-0.05, 0) is 48.5 Å². The quantitative estimate of drug-likeness (QED) is 0.743. The summed E-state index contributed by atoms with van der Waals surface area (Å²) in [6.45, 7) is 0. The molecule has 24 heavy (non-hydrogen) atoms. The number of anilines is 3. The zero-order chi connectivity index (χ0) is 16.8. The molecule has 0 bridgehead atoms. The molecule has 5 heteroatoms. The van der Waals surface area contributed by atoms with Crippen molar-refractivity contribution in [2.45, 2.75) is 0 Å². The van der Waals surface area contributed by atoms with Crippen molar-refractivity contribution in [3.05, 3.63) is 78.5 Å². The lowest BCUT2D eigenvalue weighted by Gasteiger charge is -2.08. The Morgan fingerprint density at radius 2 is 1.62 bits per heavy atom. The predicted octanol–water partition coefficient (Wildman–Crippen LogP) is 4.09. The molecule has 1 amide bonds. The Balaban J connectivity index is 1.63. The third-order valence-electron chi connectivity index (χ3n) is 3.42. The summed E-state index contributed by atoms with van der Waals surface area (Å²) in [7, 11) is 1.63. The van der Waals surface area contributed by atoms with Gasteiger partial charge >= 0.3 is 0 Å². The second-order valence-corrected chi connectivity index (χ2v) is 5.11. The highest BCUT2D eigenvalue weighted by Crippen LogP contribution is 2.20. The summed E-state index contributed by atoms with van der Waals surface area (Å²) in [5, 5.41) is 6.01. The molecule has 120 valence electrons. The highest BCUT2D eigenvalue weighted by atomic mass is 16.5. The van der Waals surface area contributed by atoms with Crippen molar-refractivity contribution in [3.63, 3.8) is 0 Å². The third kappa shape index (κ3) is 3.89. The van der Waals surface area contributed by atoms with E-state index in [4.69, 9.17) is 4.74 Å². The van der Waals surface area contributed by atoms with Crippen molar-refractivity contribution in [2.24, 2.45) is 0 Å². The van der Waals surface area contributed by atoms with Crippen LogP contribution in [0.3, 0.4) is 0 Å². The number of carbonyl (C=O) groups excluding carboxylic acids is 1. The minimum atomic E-state index is -0.182. The van der Waals surface area contributed by atoms with Gasteiger partial charge in [0.2, 0.25) is 0 Å². The van der Waals surface area contributed by atoms with Crippen molar-refractivity contribution in [1.82, 2.24) is 4.98 Å². The number of amides is 1. The Labute approximate surface area is 140 Å². The van der Waals surface area contributed by atoms with Gasteiger partial charge in [-0.1, -0.05) is 18.2 Å². The van der Waals surface area contributed by atoms with Crippen molar-refractivity contribution >= 4 is 23.1 Å². The van der Waals surface area contributed by atoms with Gasteiger partial charge in [0.05, 0.1) is 19.0 Å². The first-order valence-electron chi connectivity index (χ1n) is 7.48. The molecule has 0 saturated heterocycles. The highest BCUT2D eigenvalue weighted by molar-refractivity contribution is 6.03. The lowest BCUT2D eigenvalue weighted by Crippen LogP contribution is -2.12. The van der Waals surface area contributed by atoms with Crippen LogP contribution in [0.25, 0.3) is 0 Å². The van der Waals surface area contributed by atoms with E-state index in [1.54, 1.807) is 31.5 Å². The van der Waals surface area contributed by atoms with Crippen LogP contribution in [0, 0.1) is 0 Å². The number of benzene rings is 2. The van der Waals surface area contributed by atoms with Crippen molar-refractivity contribution in [2.75, 3.05) is 17.7 Å². The first-order chi connectivity index (χ1) is 11.7. The van der Waals surface area contributed by atoms with Crippen LogP contribution in [0.2, 0.25) is 0 Å². The Hall–Kier alpha value is -3.34. The molecule has 3 rings (SSSR count). The van der Waals surface area contributed by atoms with Gasteiger partial charge in [0.1, 0.15) is 11.6 Å². The van der Waals surface area contributed by atoms with E-state index in [2.05, 4.69) is 15.6 Å². The summed E-state index contributed by atoms with van der Waals surface area (Å²) < 4.78 is 5.13. The number of hydrogen-bond donors (Lipinski definition) is 2. The first-order valence-corrected chi connectivity index (χ1v) is 7.48. The molecule has 3 aromatic rings. The van der Waals surface area contributed by atoms with Gasteiger partial charge in [-0.3, -0.25) is 4.79 Å². The number of aromatic nitrogens is 1. The Morgan fingerprint density at radius 1 is 0.917 bits per heavy atom. The molecule has 0 aliphatic heterocycles. The molecule has 0 aliphatic rings. The number of rotatable bonds is 5. The van der Waals surface area contributed by atoms with Crippen molar-refractivity contribution in [1.29, 1.82) is 0 Å². The minimum absolute atomic E-state index is 0.182. The Kier molecular flexibility index (Phi) is 4.72. The van der Waals surface area contributed by atoms with Crippen LogP contribution in [0.4, 0.5) is 17.2 Å². The van der Waals surface area contributed by atoms with Gasteiger partial charge in [0, 0.05) is 11.3 Å². The van der Waals surface area contributed by atoms with E-state index in [1.807, 2.05) is 48.5 Å². The van der Waals surface area contributed by atoms with Gasteiger partial charge in [-0.15, -0.1) is 0 Å². The van der Waals surface area contributed by atoms with Crippen LogP contribution in [-0.2, 0) is 0 Å². The Morgan fingerprint density at radius 3 is 2.25 bits per heavy atom. The number of ether oxygens (including phenoxy) is 1. The second kappa shape index (κ2) is 7.28. The summed E-state index contributed by atoms with van der Waals surface area (Å²) >= 11 is 0. The number of hydrogen-bond acceptors (Lipinski definition) is 4. The van der Waals surface area contributed by atoms with Crippen LogP contribution in [0.15, 0.2) is 72.9 Å². The number of nitrogens with one attached hydrogen (secondary N) is 2. The normalized spacial score (nSPS) is 10.0. The van der Waals surface area contributed by atoms with Crippen LogP contribution in [0.1, 0.15) is 10.4 Å². The van der Waals surface area contributed by atoms with Crippen LogP contribution < -0.4 is 15.4 Å². The molecule has 0 fully saturated rings. The van der Waals surface area contributed by atoms with E-state index in [-0.39, 0.29) is 5.91 Å². The average Bonchev–Trinajstić information content (AvgIpc) is 2.65. The van der Waals surface area contributed by atoms with Gasteiger partial charge in [-0.25, -0.2) is 4.98 Å². The molecule has 0 saturated carbocycles. The summed E-state index contributed by atoms with van der Waals surface area (Å²) in [5.74, 6) is 1.13. The molecule has 0 spiro atoms. The Bertz CT molecular complexity index is 800. The van der Waals surface area contributed by atoms with Crippen LogP contribution in [-0.4, -0.2) is 18.0 Å². The van der Waals surface area contributed by atoms with Gasteiger partial charge in [0.15, 0.2) is 0 Å². The van der Waals surface area contributed by atoms with Gasteiger partial charge < -0.3 is 15.4 Å². The molecule has 0 radical (unpaired) electrons. The van der Waals surface area contributed by atoms with Gasteiger partial charge in [-0.2, -0.15) is 0 Å².